The minimum atomic E-state index is -3.74. The van der Waals surface area contributed by atoms with Crippen LogP contribution in [0.25, 0.3) is 0 Å². The predicted molar refractivity (Wildman–Crippen MR) is 106 cm³/mol. The standard InChI is InChI=1S/C19H21ClN2O5S/c1-13-4-6-14(7-5-13)11-21-18(23)12-27-19(24)16-10-15(8-9-17(16)20)28(25,26)22(2)3/h4-10H,11-12H2,1-3H3,(H,21,23). The van der Waals surface area contributed by atoms with Gasteiger partial charge in [0.05, 0.1) is 15.5 Å². The third-order valence-electron chi connectivity index (χ3n) is 3.88. The van der Waals surface area contributed by atoms with E-state index >= 15 is 0 Å². The van der Waals surface area contributed by atoms with Crippen LogP contribution < -0.4 is 5.32 Å². The van der Waals surface area contributed by atoms with E-state index in [0.717, 1.165) is 21.5 Å². The number of sulfonamides is 1. The van der Waals surface area contributed by atoms with Crippen LogP contribution in [0.15, 0.2) is 47.4 Å². The molecule has 0 fully saturated rings. The van der Waals surface area contributed by atoms with Crippen molar-refractivity contribution in [1.82, 2.24) is 9.62 Å². The van der Waals surface area contributed by atoms with E-state index in [9.17, 15) is 18.0 Å². The van der Waals surface area contributed by atoms with Crippen LogP contribution in [0.2, 0.25) is 5.02 Å². The Labute approximate surface area is 169 Å². The Hall–Kier alpha value is -2.42. The van der Waals surface area contributed by atoms with E-state index in [0.29, 0.717) is 6.54 Å². The molecule has 0 atom stereocenters. The van der Waals surface area contributed by atoms with E-state index in [1.807, 2.05) is 31.2 Å². The smallest absolute Gasteiger partial charge is 0.340 e. The quantitative estimate of drug-likeness (QED) is 0.689. The average molecular weight is 425 g/mol. The van der Waals surface area contributed by atoms with Gasteiger partial charge in [-0.25, -0.2) is 17.5 Å². The van der Waals surface area contributed by atoms with Gasteiger partial charge in [0.2, 0.25) is 10.0 Å². The van der Waals surface area contributed by atoms with E-state index in [4.69, 9.17) is 16.3 Å². The lowest BCUT2D eigenvalue weighted by Gasteiger charge is -2.13. The number of hydrogen-bond donors (Lipinski definition) is 1. The summed E-state index contributed by atoms with van der Waals surface area (Å²) in [5.74, 6) is -1.37. The minimum Gasteiger partial charge on any atom is -0.452 e. The zero-order chi connectivity index (χ0) is 20.9. The maximum absolute atomic E-state index is 12.2. The van der Waals surface area contributed by atoms with Gasteiger partial charge in [-0.2, -0.15) is 0 Å². The molecule has 7 nitrogen and oxygen atoms in total. The largest absolute Gasteiger partial charge is 0.452 e. The second-order valence-electron chi connectivity index (χ2n) is 6.27. The van der Waals surface area contributed by atoms with Gasteiger partial charge < -0.3 is 10.1 Å². The molecule has 0 aliphatic carbocycles. The van der Waals surface area contributed by atoms with Gasteiger partial charge in [0, 0.05) is 20.6 Å². The van der Waals surface area contributed by atoms with Crippen LogP contribution in [0.3, 0.4) is 0 Å². The van der Waals surface area contributed by atoms with Gasteiger partial charge in [0.1, 0.15) is 0 Å². The van der Waals surface area contributed by atoms with Crippen LogP contribution >= 0.6 is 11.6 Å². The number of rotatable bonds is 7. The second-order valence-corrected chi connectivity index (χ2v) is 8.83. The Bertz CT molecular complexity index is 972. The van der Waals surface area contributed by atoms with Crippen molar-refractivity contribution in [3.63, 3.8) is 0 Å². The highest BCUT2D eigenvalue weighted by molar-refractivity contribution is 7.89. The third kappa shape index (κ3) is 5.54. The van der Waals surface area contributed by atoms with Crippen molar-refractivity contribution < 1.29 is 22.7 Å². The lowest BCUT2D eigenvalue weighted by molar-refractivity contribution is -0.124. The van der Waals surface area contributed by atoms with Crippen molar-refractivity contribution in [1.29, 1.82) is 0 Å². The number of benzene rings is 2. The fourth-order valence-electron chi connectivity index (χ4n) is 2.20. The number of halogens is 1. The normalized spacial score (nSPS) is 11.3. The number of nitrogens with zero attached hydrogens (tertiary/aromatic N) is 1. The summed E-state index contributed by atoms with van der Waals surface area (Å²) in [6.45, 7) is 1.76. The van der Waals surface area contributed by atoms with Gasteiger partial charge in [-0.1, -0.05) is 41.4 Å². The summed E-state index contributed by atoms with van der Waals surface area (Å²) in [6.07, 6.45) is 0. The summed E-state index contributed by atoms with van der Waals surface area (Å²) in [5, 5.41) is 2.67. The number of carbonyl (C=O) groups is 2. The number of nitrogens with one attached hydrogen (secondary N) is 1. The van der Waals surface area contributed by atoms with Crippen molar-refractivity contribution in [3.8, 4) is 0 Å². The zero-order valence-electron chi connectivity index (χ0n) is 15.7. The summed E-state index contributed by atoms with van der Waals surface area (Å²) in [4.78, 5) is 24.0. The van der Waals surface area contributed by atoms with Crippen LogP contribution in [0, 0.1) is 6.92 Å². The molecule has 150 valence electrons. The van der Waals surface area contributed by atoms with Crippen molar-refractivity contribution in [2.45, 2.75) is 18.4 Å². The van der Waals surface area contributed by atoms with Crippen LogP contribution in [-0.4, -0.2) is 45.3 Å². The Kier molecular flexibility index (Phi) is 7.17. The summed E-state index contributed by atoms with van der Waals surface area (Å²) in [7, 11) is -0.985. The first kappa shape index (κ1) is 21.9. The molecular formula is C19H21ClN2O5S. The van der Waals surface area contributed by atoms with Crippen molar-refractivity contribution in [2.75, 3.05) is 20.7 Å². The van der Waals surface area contributed by atoms with Gasteiger partial charge in [-0.15, -0.1) is 0 Å². The molecule has 0 radical (unpaired) electrons. The van der Waals surface area contributed by atoms with Gasteiger partial charge in [0.15, 0.2) is 6.61 Å². The van der Waals surface area contributed by atoms with Crippen LogP contribution in [0.5, 0.6) is 0 Å². The first-order valence-corrected chi connectivity index (χ1v) is 10.1. The number of amides is 1. The predicted octanol–water partition coefficient (Wildman–Crippen LogP) is 2.37. The molecule has 0 bridgehead atoms. The van der Waals surface area contributed by atoms with E-state index in [1.54, 1.807) is 0 Å². The van der Waals surface area contributed by atoms with E-state index < -0.39 is 28.5 Å². The van der Waals surface area contributed by atoms with Crippen molar-refractivity contribution in [3.05, 3.63) is 64.2 Å². The third-order valence-corrected chi connectivity index (χ3v) is 6.02. The molecule has 2 aromatic rings. The van der Waals surface area contributed by atoms with Gasteiger partial charge >= 0.3 is 5.97 Å². The molecule has 0 unspecified atom stereocenters. The maximum atomic E-state index is 12.2. The molecular weight excluding hydrogens is 404 g/mol. The molecule has 2 rings (SSSR count). The number of hydrogen-bond acceptors (Lipinski definition) is 5. The molecule has 0 saturated heterocycles. The van der Waals surface area contributed by atoms with Crippen molar-refractivity contribution >= 4 is 33.5 Å². The Balaban J connectivity index is 1.98. The van der Waals surface area contributed by atoms with Crippen LogP contribution in [0.1, 0.15) is 21.5 Å². The Morgan fingerprint density at radius 2 is 1.75 bits per heavy atom. The number of aryl methyl sites for hydroxylation is 1. The summed E-state index contributed by atoms with van der Waals surface area (Å²) < 4.78 is 30.4. The molecule has 9 heteroatoms. The Morgan fingerprint density at radius 3 is 2.36 bits per heavy atom. The molecule has 2 aromatic carbocycles. The van der Waals surface area contributed by atoms with E-state index in [2.05, 4.69) is 5.32 Å². The van der Waals surface area contributed by atoms with Gasteiger partial charge in [-0.05, 0) is 30.7 Å². The van der Waals surface area contributed by atoms with Gasteiger partial charge in [0.25, 0.3) is 5.91 Å². The molecule has 28 heavy (non-hydrogen) atoms. The van der Waals surface area contributed by atoms with Gasteiger partial charge in [-0.3, -0.25) is 4.79 Å². The topological polar surface area (TPSA) is 92.8 Å². The monoisotopic (exact) mass is 424 g/mol. The molecule has 0 aliphatic heterocycles. The lowest BCUT2D eigenvalue weighted by atomic mass is 10.1. The highest BCUT2D eigenvalue weighted by Gasteiger charge is 2.21. The highest BCUT2D eigenvalue weighted by Crippen LogP contribution is 2.22. The summed E-state index contributed by atoms with van der Waals surface area (Å²) >= 11 is 5.98. The number of carbonyl (C=O) groups excluding carboxylic acids is 2. The Morgan fingerprint density at radius 1 is 1.11 bits per heavy atom. The first-order chi connectivity index (χ1) is 13.1. The first-order valence-electron chi connectivity index (χ1n) is 8.32. The molecule has 0 spiro atoms. The average Bonchev–Trinajstić information content (AvgIpc) is 2.65. The lowest BCUT2D eigenvalue weighted by Crippen LogP contribution is -2.28. The highest BCUT2D eigenvalue weighted by atomic mass is 35.5. The van der Waals surface area contributed by atoms with Crippen LogP contribution in [0.4, 0.5) is 0 Å². The minimum absolute atomic E-state index is 0.0303. The van der Waals surface area contributed by atoms with Crippen molar-refractivity contribution in [2.24, 2.45) is 0 Å². The molecule has 0 aromatic heterocycles. The summed E-state index contributed by atoms with van der Waals surface area (Å²) in [5.41, 5.74) is 1.89. The van der Waals surface area contributed by atoms with E-state index in [1.165, 1.54) is 26.2 Å². The number of esters is 1. The molecule has 0 saturated carbocycles. The molecule has 1 amide bonds. The number of ether oxygens (including phenoxy) is 1. The SMILES string of the molecule is Cc1ccc(CNC(=O)COC(=O)c2cc(S(=O)(=O)N(C)C)ccc2Cl)cc1. The molecule has 0 heterocycles. The fraction of sp³-hybridized carbons (Fsp3) is 0.263. The summed E-state index contributed by atoms with van der Waals surface area (Å²) in [6, 6.07) is 11.4. The maximum Gasteiger partial charge on any atom is 0.340 e. The zero-order valence-corrected chi connectivity index (χ0v) is 17.3. The van der Waals surface area contributed by atoms with E-state index in [-0.39, 0.29) is 15.5 Å². The van der Waals surface area contributed by atoms with Crippen LogP contribution in [-0.2, 0) is 26.1 Å². The molecule has 1 N–H and O–H groups in total. The molecule has 0 aliphatic rings. The second kappa shape index (κ2) is 9.18. The fourth-order valence-corrected chi connectivity index (χ4v) is 3.32.